The molecule has 0 aliphatic carbocycles. The Morgan fingerprint density at radius 1 is 0.357 bits per heavy atom. The third-order valence-electron chi connectivity index (χ3n) is 11.4. The molecular weight excluding hydrogens is 697 g/mol. The number of benzene rings is 10. The zero-order valence-corrected chi connectivity index (χ0v) is 30.7. The third-order valence-corrected chi connectivity index (χ3v) is 12.5. The Bertz CT molecular complexity index is 3760. The summed E-state index contributed by atoms with van der Waals surface area (Å²) >= 11 is 1.82. The van der Waals surface area contributed by atoms with Crippen molar-refractivity contribution in [3.8, 4) is 44.5 Å². The van der Waals surface area contributed by atoms with Crippen molar-refractivity contribution < 1.29 is 11.3 Å². The van der Waals surface area contributed by atoms with Crippen LogP contribution in [0.5, 0.6) is 0 Å². The van der Waals surface area contributed by atoms with Crippen LogP contribution in [0.25, 0.3) is 119 Å². The number of thiophene rings is 1. The van der Waals surface area contributed by atoms with Crippen LogP contribution in [-0.4, -0.2) is 0 Å². The zero-order chi connectivity index (χ0) is 41.1. The maximum atomic E-state index is 9.01. The fourth-order valence-corrected chi connectivity index (χ4v) is 10.2. The standard InChI is InChI=1S/C54H32OS/c1-2-14-33(15-3-1)51-40-19-6-8-21-42(40)53(43-22-9-7-20-41(43)51)45-29-28-37(35-16-4-5-17-36(35)45)44-30-31-48-54(46-23-10-12-24-47(46)55-48)52(44)34-26-27-39-38-18-11-13-25-49(38)56-50(39)32-34/h1-32H/i1D,2D,3D,14D,15D. The minimum atomic E-state index is -0.403. The fraction of sp³-hybridized carbons (Fsp3) is 0. The molecule has 0 saturated carbocycles. The Hall–Kier alpha value is -7.00. The summed E-state index contributed by atoms with van der Waals surface area (Å²) in [6.07, 6.45) is 0. The minimum Gasteiger partial charge on any atom is -0.456 e. The smallest absolute Gasteiger partial charge is 0.136 e. The number of para-hydroxylation sites is 1. The molecule has 2 heteroatoms. The summed E-state index contributed by atoms with van der Waals surface area (Å²) in [5.74, 6) is 0. The van der Waals surface area contributed by atoms with Crippen molar-refractivity contribution >= 4 is 85.8 Å². The molecule has 0 spiro atoms. The largest absolute Gasteiger partial charge is 0.456 e. The van der Waals surface area contributed by atoms with Gasteiger partial charge in [-0.3, -0.25) is 0 Å². The third kappa shape index (κ3) is 4.60. The molecule has 12 aromatic rings. The Labute approximate surface area is 334 Å². The van der Waals surface area contributed by atoms with E-state index >= 15 is 0 Å². The van der Waals surface area contributed by atoms with Crippen LogP contribution in [0.2, 0.25) is 0 Å². The molecule has 0 radical (unpaired) electrons. The van der Waals surface area contributed by atoms with E-state index in [2.05, 4.69) is 115 Å². The average Bonchev–Trinajstić information content (AvgIpc) is 3.88. The van der Waals surface area contributed by atoms with Crippen molar-refractivity contribution in [2.45, 2.75) is 0 Å². The van der Waals surface area contributed by atoms with E-state index in [0.717, 1.165) is 87.6 Å². The monoisotopic (exact) mass is 733 g/mol. The number of furan rings is 1. The van der Waals surface area contributed by atoms with Crippen molar-refractivity contribution in [3.63, 3.8) is 0 Å². The number of hydrogen-bond acceptors (Lipinski definition) is 2. The van der Waals surface area contributed by atoms with Gasteiger partial charge in [-0.2, -0.15) is 0 Å². The molecule has 2 aromatic heterocycles. The average molecular weight is 734 g/mol. The molecule has 0 aliphatic heterocycles. The molecule has 2 heterocycles. The van der Waals surface area contributed by atoms with Crippen molar-refractivity contribution in [3.05, 3.63) is 194 Å². The molecule has 0 amide bonds. The lowest BCUT2D eigenvalue weighted by Crippen LogP contribution is -1.93. The molecule has 0 atom stereocenters. The number of hydrogen-bond donors (Lipinski definition) is 0. The van der Waals surface area contributed by atoms with Gasteiger partial charge >= 0.3 is 0 Å². The fourth-order valence-electron chi connectivity index (χ4n) is 9.04. The van der Waals surface area contributed by atoms with Gasteiger partial charge in [0.25, 0.3) is 0 Å². The highest BCUT2D eigenvalue weighted by molar-refractivity contribution is 7.25. The van der Waals surface area contributed by atoms with Gasteiger partial charge in [0.1, 0.15) is 11.2 Å². The van der Waals surface area contributed by atoms with Gasteiger partial charge in [-0.25, -0.2) is 0 Å². The highest BCUT2D eigenvalue weighted by atomic mass is 32.1. The van der Waals surface area contributed by atoms with Gasteiger partial charge in [0.05, 0.1) is 6.85 Å². The van der Waals surface area contributed by atoms with Gasteiger partial charge in [-0.15, -0.1) is 11.3 Å². The van der Waals surface area contributed by atoms with Crippen LogP contribution < -0.4 is 0 Å². The van der Waals surface area contributed by atoms with Crippen molar-refractivity contribution in [1.29, 1.82) is 0 Å². The predicted octanol–water partition coefficient (Wildman–Crippen LogP) is 16.1. The van der Waals surface area contributed by atoms with Crippen LogP contribution in [0.4, 0.5) is 0 Å². The molecule has 0 aliphatic rings. The van der Waals surface area contributed by atoms with E-state index < -0.39 is 6.04 Å². The topological polar surface area (TPSA) is 13.1 Å². The Morgan fingerprint density at radius 3 is 1.64 bits per heavy atom. The highest BCUT2D eigenvalue weighted by Gasteiger charge is 2.22. The van der Waals surface area contributed by atoms with E-state index in [0.29, 0.717) is 5.56 Å². The van der Waals surface area contributed by atoms with Crippen LogP contribution in [0.1, 0.15) is 6.85 Å². The first-order valence-electron chi connectivity index (χ1n) is 21.3. The second-order valence-electron chi connectivity index (χ2n) is 14.3. The first kappa shape index (κ1) is 26.7. The number of rotatable bonds is 4. The van der Waals surface area contributed by atoms with E-state index in [9.17, 15) is 0 Å². The SMILES string of the molecule is [2H]c1c([2H])c([2H])c(-c2c3ccccc3c(-c3ccc(-c4ccc5oc6ccccc6c5c4-c4ccc5c(c4)sc4ccccc45)c4ccccc34)c3ccccc23)c([2H])c1[2H]. The Morgan fingerprint density at radius 2 is 0.911 bits per heavy atom. The van der Waals surface area contributed by atoms with E-state index in [1.54, 1.807) is 0 Å². The molecule has 10 aromatic carbocycles. The van der Waals surface area contributed by atoms with Gasteiger partial charge in [-0.1, -0.05) is 164 Å². The van der Waals surface area contributed by atoms with E-state index in [4.69, 9.17) is 11.3 Å². The van der Waals surface area contributed by atoms with E-state index in [1.807, 2.05) is 59.9 Å². The normalized spacial score (nSPS) is 13.2. The highest BCUT2D eigenvalue weighted by Crippen LogP contribution is 2.49. The van der Waals surface area contributed by atoms with Crippen LogP contribution in [-0.2, 0) is 0 Å². The van der Waals surface area contributed by atoms with Crippen LogP contribution >= 0.6 is 11.3 Å². The van der Waals surface area contributed by atoms with Crippen LogP contribution in [0, 0.1) is 0 Å². The molecule has 0 saturated heterocycles. The predicted molar refractivity (Wildman–Crippen MR) is 241 cm³/mol. The van der Waals surface area contributed by atoms with Gasteiger partial charge in [0.2, 0.25) is 0 Å². The van der Waals surface area contributed by atoms with E-state index in [-0.39, 0.29) is 29.7 Å². The maximum Gasteiger partial charge on any atom is 0.136 e. The lowest BCUT2D eigenvalue weighted by molar-refractivity contribution is 0.669. The Balaban J connectivity index is 1.15. The molecule has 260 valence electrons. The lowest BCUT2D eigenvalue weighted by atomic mass is 9.83. The summed E-state index contributed by atoms with van der Waals surface area (Å²) in [7, 11) is 0. The maximum absolute atomic E-state index is 9.01. The first-order chi connectivity index (χ1) is 29.9. The molecular formula is C54H32OS. The van der Waals surface area contributed by atoms with Crippen molar-refractivity contribution in [2.75, 3.05) is 0 Å². The molecule has 0 fully saturated rings. The van der Waals surface area contributed by atoms with Crippen molar-refractivity contribution in [1.82, 2.24) is 0 Å². The molecule has 12 rings (SSSR count). The van der Waals surface area contributed by atoms with Gasteiger partial charge in [-0.05, 0) is 102 Å². The van der Waals surface area contributed by atoms with Crippen molar-refractivity contribution in [2.24, 2.45) is 0 Å². The summed E-state index contributed by atoms with van der Waals surface area (Å²) in [5, 5.41) is 10.4. The molecule has 0 N–H and O–H groups in total. The van der Waals surface area contributed by atoms with Crippen LogP contribution in [0.15, 0.2) is 198 Å². The van der Waals surface area contributed by atoms with Gasteiger partial charge in [0, 0.05) is 36.5 Å². The first-order valence-corrected chi connectivity index (χ1v) is 19.6. The second kappa shape index (κ2) is 12.3. The summed E-state index contributed by atoms with van der Waals surface area (Å²) in [6, 6.07) is 55.7. The Kier molecular flexibility index (Phi) is 5.85. The summed E-state index contributed by atoms with van der Waals surface area (Å²) in [5.41, 5.74) is 9.05. The van der Waals surface area contributed by atoms with Gasteiger partial charge in [0.15, 0.2) is 0 Å². The minimum absolute atomic E-state index is 0.202. The quantitative estimate of drug-likeness (QED) is 0.164. The molecule has 0 bridgehead atoms. The van der Waals surface area contributed by atoms with Crippen LogP contribution in [0.3, 0.4) is 0 Å². The molecule has 56 heavy (non-hydrogen) atoms. The van der Waals surface area contributed by atoms with Gasteiger partial charge < -0.3 is 4.42 Å². The number of fused-ring (bicyclic) bond motifs is 9. The molecule has 1 nitrogen and oxygen atoms in total. The molecule has 0 unspecified atom stereocenters. The summed E-state index contributed by atoms with van der Waals surface area (Å²) in [6.45, 7) is 0. The second-order valence-corrected chi connectivity index (χ2v) is 15.4. The lowest BCUT2D eigenvalue weighted by Gasteiger charge is -2.20. The summed E-state index contributed by atoms with van der Waals surface area (Å²) in [4.78, 5) is 0. The summed E-state index contributed by atoms with van der Waals surface area (Å²) < 4.78 is 52.4. The zero-order valence-electron chi connectivity index (χ0n) is 34.9. The van der Waals surface area contributed by atoms with E-state index in [1.165, 1.54) is 20.2 Å².